The number of hydrogen-bond donors (Lipinski definition) is 3. The summed E-state index contributed by atoms with van der Waals surface area (Å²) in [6.07, 6.45) is 1.13. The highest BCUT2D eigenvalue weighted by Gasteiger charge is 2.04. The van der Waals surface area contributed by atoms with Crippen LogP contribution < -0.4 is 10.6 Å². The van der Waals surface area contributed by atoms with Gasteiger partial charge in [-0.25, -0.2) is 4.79 Å². The van der Waals surface area contributed by atoms with Gasteiger partial charge >= 0.3 is 6.03 Å². The van der Waals surface area contributed by atoms with E-state index in [-0.39, 0.29) is 12.1 Å². The zero-order valence-electron chi connectivity index (χ0n) is 11.6. The fourth-order valence-electron chi connectivity index (χ4n) is 2.10. The van der Waals surface area contributed by atoms with E-state index in [1.54, 1.807) is 6.92 Å². The highest BCUT2D eigenvalue weighted by Crippen LogP contribution is 2.22. The number of carbonyl (C=O) groups is 1. The summed E-state index contributed by atoms with van der Waals surface area (Å²) in [5, 5.41) is 16.9. The first-order valence-corrected chi connectivity index (χ1v) is 6.87. The third-order valence-corrected chi connectivity index (χ3v) is 3.12. The van der Waals surface area contributed by atoms with Crippen molar-refractivity contribution in [2.75, 3.05) is 11.9 Å². The van der Waals surface area contributed by atoms with Crippen LogP contribution in [0.15, 0.2) is 42.5 Å². The number of carbonyl (C=O) groups excluding carboxylic acids is 1. The maximum Gasteiger partial charge on any atom is 0.319 e. The van der Waals surface area contributed by atoms with Gasteiger partial charge in [-0.1, -0.05) is 36.4 Å². The number of fused-ring (bicyclic) bond motifs is 1. The second-order valence-electron chi connectivity index (χ2n) is 4.90. The molecular formula is C16H20N2O2. The molecule has 106 valence electrons. The molecule has 4 heteroatoms. The molecule has 0 aliphatic heterocycles. The second-order valence-corrected chi connectivity index (χ2v) is 4.90. The lowest BCUT2D eigenvalue weighted by atomic mass is 10.1. The molecule has 2 amide bonds. The first-order chi connectivity index (χ1) is 9.66. The zero-order chi connectivity index (χ0) is 14.4. The lowest BCUT2D eigenvalue weighted by molar-refractivity contribution is 0.181. The van der Waals surface area contributed by atoms with Crippen LogP contribution >= 0.6 is 0 Å². The summed E-state index contributed by atoms with van der Waals surface area (Å²) >= 11 is 0. The summed E-state index contributed by atoms with van der Waals surface area (Å²) in [5.41, 5.74) is 0.802. The van der Waals surface area contributed by atoms with E-state index in [4.69, 9.17) is 5.11 Å². The minimum atomic E-state index is -0.321. The van der Waals surface area contributed by atoms with Gasteiger partial charge in [0.1, 0.15) is 0 Å². The van der Waals surface area contributed by atoms with Crippen molar-refractivity contribution >= 4 is 22.5 Å². The van der Waals surface area contributed by atoms with Gasteiger partial charge in [0, 0.05) is 11.9 Å². The van der Waals surface area contributed by atoms with E-state index in [0.29, 0.717) is 13.0 Å². The first-order valence-electron chi connectivity index (χ1n) is 6.87. The molecule has 2 aromatic rings. The van der Waals surface area contributed by atoms with Crippen molar-refractivity contribution < 1.29 is 9.90 Å². The van der Waals surface area contributed by atoms with E-state index in [1.807, 2.05) is 42.5 Å². The molecule has 2 aromatic carbocycles. The number of urea groups is 1. The van der Waals surface area contributed by atoms with Gasteiger partial charge in [0.25, 0.3) is 0 Å². The first kappa shape index (κ1) is 14.3. The molecule has 0 spiro atoms. The van der Waals surface area contributed by atoms with Crippen LogP contribution in [0.2, 0.25) is 0 Å². The molecular weight excluding hydrogens is 252 g/mol. The lowest BCUT2D eigenvalue weighted by Crippen LogP contribution is -2.29. The number of amides is 2. The van der Waals surface area contributed by atoms with Crippen molar-refractivity contribution in [3.8, 4) is 0 Å². The molecule has 0 aliphatic carbocycles. The van der Waals surface area contributed by atoms with Crippen molar-refractivity contribution in [2.45, 2.75) is 25.9 Å². The van der Waals surface area contributed by atoms with E-state index in [2.05, 4.69) is 10.6 Å². The van der Waals surface area contributed by atoms with E-state index < -0.39 is 0 Å². The summed E-state index contributed by atoms with van der Waals surface area (Å²) in [5.74, 6) is 0. The molecule has 20 heavy (non-hydrogen) atoms. The van der Waals surface area contributed by atoms with Gasteiger partial charge in [-0.3, -0.25) is 0 Å². The monoisotopic (exact) mass is 272 g/mol. The normalized spacial score (nSPS) is 12.1. The summed E-state index contributed by atoms with van der Waals surface area (Å²) in [6, 6.07) is 13.5. The van der Waals surface area contributed by atoms with Crippen LogP contribution in [0.3, 0.4) is 0 Å². The Labute approximate surface area is 118 Å². The fourth-order valence-corrected chi connectivity index (χ4v) is 2.10. The summed E-state index contributed by atoms with van der Waals surface area (Å²) in [4.78, 5) is 11.8. The largest absolute Gasteiger partial charge is 0.393 e. The summed E-state index contributed by atoms with van der Waals surface area (Å²) in [6.45, 7) is 2.30. The average molecular weight is 272 g/mol. The molecule has 1 atom stereocenters. The predicted octanol–water partition coefficient (Wildman–Crippen LogP) is 3.12. The Kier molecular flexibility index (Phi) is 4.96. The molecule has 0 bridgehead atoms. The fraction of sp³-hybridized carbons (Fsp3) is 0.312. The van der Waals surface area contributed by atoms with E-state index in [1.165, 1.54) is 0 Å². The number of anilines is 1. The number of nitrogens with one attached hydrogen (secondary N) is 2. The predicted molar refractivity (Wildman–Crippen MR) is 81.9 cm³/mol. The molecule has 3 N–H and O–H groups in total. The van der Waals surface area contributed by atoms with Crippen LogP contribution in [0.25, 0.3) is 10.8 Å². The van der Waals surface area contributed by atoms with Gasteiger partial charge in [-0.15, -0.1) is 0 Å². The van der Waals surface area contributed by atoms with Crippen molar-refractivity contribution in [2.24, 2.45) is 0 Å². The Hall–Kier alpha value is -2.07. The minimum absolute atomic E-state index is 0.216. The smallest absolute Gasteiger partial charge is 0.319 e. The minimum Gasteiger partial charge on any atom is -0.393 e. The standard InChI is InChI=1S/C16H20N2O2/c1-12(19)6-5-11-17-16(20)18-15-10-4-8-13-7-2-3-9-14(13)15/h2-4,7-10,12,19H,5-6,11H2,1H3,(H2,17,18,20). The molecule has 0 fully saturated rings. The van der Waals surface area contributed by atoms with Crippen molar-refractivity contribution in [3.05, 3.63) is 42.5 Å². The topological polar surface area (TPSA) is 61.4 Å². The Balaban J connectivity index is 1.93. The molecule has 0 saturated heterocycles. The van der Waals surface area contributed by atoms with Gasteiger partial charge < -0.3 is 15.7 Å². The number of aliphatic hydroxyl groups is 1. The summed E-state index contributed by atoms with van der Waals surface area (Å²) < 4.78 is 0. The number of benzene rings is 2. The van der Waals surface area contributed by atoms with Gasteiger partial charge in [-0.05, 0) is 31.2 Å². The van der Waals surface area contributed by atoms with E-state index in [0.717, 1.165) is 22.9 Å². The molecule has 0 aromatic heterocycles. The Morgan fingerprint density at radius 3 is 2.75 bits per heavy atom. The molecule has 0 heterocycles. The molecule has 0 aliphatic rings. The zero-order valence-corrected chi connectivity index (χ0v) is 11.6. The van der Waals surface area contributed by atoms with Gasteiger partial charge in [-0.2, -0.15) is 0 Å². The third kappa shape index (κ3) is 3.96. The quantitative estimate of drug-likeness (QED) is 0.732. The molecule has 1 unspecified atom stereocenters. The van der Waals surface area contributed by atoms with Crippen LogP contribution in [0.5, 0.6) is 0 Å². The van der Waals surface area contributed by atoms with E-state index in [9.17, 15) is 4.79 Å². The molecule has 0 saturated carbocycles. The van der Waals surface area contributed by atoms with Crippen molar-refractivity contribution in [1.82, 2.24) is 5.32 Å². The van der Waals surface area contributed by atoms with Crippen LogP contribution in [0.1, 0.15) is 19.8 Å². The third-order valence-electron chi connectivity index (χ3n) is 3.12. The molecule has 0 radical (unpaired) electrons. The second kappa shape index (κ2) is 6.91. The van der Waals surface area contributed by atoms with Crippen LogP contribution in [-0.4, -0.2) is 23.8 Å². The average Bonchev–Trinajstić information content (AvgIpc) is 2.44. The Morgan fingerprint density at radius 1 is 1.20 bits per heavy atom. The maximum absolute atomic E-state index is 11.8. The van der Waals surface area contributed by atoms with Gasteiger partial charge in [0.2, 0.25) is 0 Å². The van der Waals surface area contributed by atoms with Crippen molar-refractivity contribution in [3.63, 3.8) is 0 Å². The number of aliphatic hydroxyl groups excluding tert-OH is 1. The highest BCUT2D eigenvalue weighted by atomic mass is 16.3. The van der Waals surface area contributed by atoms with Crippen LogP contribution in [0.4, 0.5) is 10.5 Å². The van der Waals surface area contributed by atoms with Gasteiger partial charge in [0.15, 0.2) is 0 Å². The van der Waals surface area contributed by atoms with Crippen LogP contribution in [0, 0.1) is 0 Å². The Morgan fingerprint density at radius 2 is 1.95 bits per heavy atom. The van der Waals surface area contributed by atoms with Crippen LogP contribution in [-0.2, 0) is 0 Å². The van der Waals surface area contributed by atoms with E-state index >= 15 is 0 Å². The number of hydrogen-bond acceptors (Lipinski definition) is 2. The van der Waals surface area contributed by atoms with Crippen molar-refractivity contribution in [1.29, 1.82) is 0 Å². The summed E-state index contributed by atoms with van der Waals surface area (Å²) in [7, 11) is 0. The molecule has 4 nitrogen and oxygen atoms in total. The van der Waals surface area contributed by atoms with Gasteiger partial charge in [0.05, 0.1) is 11.8 Å². The maximum atomic E-state index is 11.8. The lowest BCUT2D eigenvalue weighted by Gasteiger charge is -2.10. The SMILES string of the molecule is CC(O)CCCNC(=O)Nc1cccc2ccccc12. The molecule has 2 rings (SSSR count). The Bertz CT molecular complexity index is 576. The number of rotatable bonds is 5. The highest BCUT2D eigenvalue weighted by molar-refractivity contribution is 6.01.